The fourth-order valence-corrected chi connectivity index (χ4v) is 7.36. The number of carbonyl (C=O) groups is 1. The van der Waals surface area contributed by atoms with E-state index in [9.17, 15) is 15.0 Å². The molecular weight excluding hydrogens is 602 g/mol. The van der Waals surface area contributed by atoms with Gasteiger partial charge in [-0.25, -0.2) is 0 Å². The topological polar surface area (TPSA) is 69.6 Å². The van der Waals surface area contributed by atoms with Gasteiger partial charge in [-0.1, -0.05) is 245 Å². The molecule has 0 radical (unpaired) electrons. The van der Waals surface area contributed by atoms with Gasteiger partial charge in [-0.3, -0.25) is 4.79 Å². The lowest BCUT2D eigenvalue weighted by atomic mass is 10.0. The number of hydrogen-bond donors (Lipinski definition) is 3. The smallest absolute Gasteiger partial charge is 0.220 e. The second kappa shape index (κ2) is 41.8. The monoisotopic (exact) mass is 694 g/mol. The highest BCUT2D eigenvalue weighted by Crippen LogP contribution is 2.17. The molecule has 2 atom stereocenters. The van der Waals surface area contributed by atoms with Crippen LogP contribution in [0, 0.1) is 0 Å². The highest BCUT2D eigenvalue weighted by atomic mass is 16.3. The van der Waals surface area contributed by atoms with Crippen LogP contribution < -0.4 is 5.32 Å². The van der Waals surface area contributed by atoms with Crippen LogP contribution in [0.5, 0.6) is 0 Å². The Morgan fingerprint density at radius 1 is 0.408 bits per heavy atom. The van der Waals surface area contributed by atoms with Crippen molar-refractivity contribution >= 4 is 5.91 Å². The first-order valence-corrected chi connectivity index (χ1v) is 22.7. The maximum atomic E-state index is 12.4. The molecule has 4 nitrogen and oxygen atoms in total. The van der Waals surface area contributed by atoms with Crippen LogP contribution in [0.15, 0.2) is 0 Å². The summed E-state index contributed by atoms with van der Waals surface area (Å²) in [6.07, 6.45) is 50.4. The molecule has 3 N–H and O–H groups in total. The lowest BCUT2D eigenvalue weighted by Gasteiger charge is -2.22. The largest absolute Gasteiger partial charge is 0.394 e. The molecule has 4 heteroatoms. The van der Waals surface area contributed by atoms with Crippen molar-refractivity contribution < 1.29 is 15.0 Å². The van der Waals surface area contributed by atoms with E-state index in [1.807, 2.05) is 0 Å². The number of unbranched alkanes of at least 4 members (excludes halogenated alkanes) is 35. The fraction of sp³-hybridized carbons (Fsp3) is 0.978. The molecule has 0 saturated heterocycles. The van der Waals surface area contributed by atoms with Gasteiger partial charge in [-0.15, -0.1) is 0 Å². The van der Waals surface area contributed by atoms with E-state index >= 15 is 0 Å². The molecule has 0 heterocycles. The van der Waals surface area contributed by atoms with Crippen LogP contribution in [-0.4, -0.2) is 34.9 Å². The van der Waals surface area contributed by atoms with Crippen LogP contribution in [0.4, 0.5) is 0 Å². The summed E-state index contributed by atoms with van der Waals surface area (Å²) in [6.45, 7) is 4.38. The van der Waals surface area contributed by atoms with E-state index in [1.54, 1.807) is 0 Å². The Hall–Kier alpha value is -0.610. The van der Waals surface area contributed by atoms with E-state index in [0.717, 1.165) is 25.7 Å². The zero-order chi connectivity index (χ0) is 35.7. The predicted molar refractivity (Wildman–Crippen MR) is 216 cm³/mol. The summed E-state index contributed by atoms with van der Waals surface area (Å²) in [4.78, 5) is 12.4. The van der Waals surface area contributed by atoms with Crippen LogP contribution in [0.3, 0.4) is 0 Å². The van der Waals surface area contributed by atoms with E-state index in [2.05, 4.69) is 19.2 Å². The van der Waals surface area contributed by atoms with Crippen molar-refractivity contribution in [3.8, 4) is 0 Å². The van der Waals surface area contributed by atoms with Crippen molar-refractivity contribution in [2.75, 3.05) is 6.61 Å². The molecule has 2 unspecified atom stereocenters. The van der Waals surface area contributed by atoms with Gasteiger partial charge in [-0.05, 0) is 12.8 Å². The van der Waals surface area contributed by atoms with Crippen LogP contribution in [0.25, 0.3) is 0 Å². The summed E-state index contributed by atoms with van der Waals surface area (Å²) in [5.74, 6) is -0.0265. The molecule has 0 aromatic heterocycles. The van der Waals surface area contributed by atoms with E-state index in [-0.39, 0.29) is 12.5 Å². The lowest BCUT2D eigenvalue weighted by Crippen LogP contribution is -2.45. The maximum Gasteiger partial charge on any atom is 0.220 e. The van der Waals surface area contributed by atoms with Gasteiger partial charge in [0.15, 0.2) is 0 Å². The number of carbonyl (C=O) groups excluding carboxylic acids is 1. The molecule has 294 valence electrons. The van der Waals surface area contributed by atoms with E-state index in [4.69, 9.17) is 0 Å². The van der Waals surface area contributed by atoms with Crippen LogP contribution >= 0.6 is 0 Å². The van der Waals surface area contributed by atoms with Crippen LogP contribution in [-0.2, 0) is 4.79 Å². The Balaban J connectivity index is 3.44. The molecule has 1 amide bonds. The third kappa shape index (κ3) is 38.5. The maximum absolute atomic E-state index is 12.4. The molecule has 0 saturated carbocycles. The molecule has 0 rings (SSSR count). The molecule has 0 bridgehead atoms. The third-order valence-corrected chi connectivity index (χ3v) is 10.9. The normalized spacial score (nSPS) is 12.8. The lowest BCUT2D eigenvalue weighted by molar-refractivity contribution is -0.123. The summed E-state index contributed by atoms with van der Waals surface area (Å²) < 4.78 is 0. The number of aliphatic hydroxyl groups is 2. The number of nitrogens with one attached hydrogen (secondary N) is 1. The first kappa shape index (κ1) is 48.4. The van der Waals surface area contributed by atoms with Gasteiger partial charge in [0.2, 0.25) is 5.91 Å². The van der Waals surface area contributed by atoms with Gasteiger partial charge < -0.3 is 15.5 Å². The van der Waals surface area contributed by atoms with Gasteiger partial charge in [0, 0.05) is 6.42 Å². The fourth-order valence-electron chi connectivity index (χ4n) is 7.36. The van der Waals surface area contributed by atoms with Crippen molar-refractivity contribution in [1.29, 1.82) is 0 Å². The summed E-state index contributed by atoms with van der Waals surface area (Å²) in [5.41, 5.74) is 0. The Morgan fingerprint density at radius 2 is 0.653 bits per heavy atom. The highest BCUT2D eigenvalue weighted by molar-refractivity contribution is 5.76. The third-order valence-electron chi connectivity index (χ3n) is 10.9. The average molecular weight is 694 g/mol. The minimum absolute atomic E-state index is 0.0265. The number of aliphatic hydroxyl groups excluding tert-OH is 2. The molecule has 0 spiro atoms. The van der Waals surface area contributed by atoms with Gasteiger partial charge in [-0.2, -0.15) is 0 Å². The zero-order valence-electron chi connectivity index (χ0n) is 33.7. The van der Waals surface area contributed by atoms with E-state index < -0.39 is 12.1 Å². The Morgan fingerprint density at radius 3 is 0.918 bits per heavy atom. The van der Waals surface area contributed by atoms with E-state index in [0.29, 0.717) is 12.8 Å². The van der Waals surface area contributed by atoms with Crippen LogP contribution in [0.2, 0.25) is 0 Å². The molecule has 0 aliphatic carbocycles. The number of rotatable bonds is 42. The molecule has 0 aliphatic heterocycles. The van der Waals surface area contributed by atoms with Crippen LogP contribution in [0.1, 0.15) is 264 Å². The standard InChI is InChI=1S/C45H91NO3/c1-3-5-7-9-11-13-15-17-19-20-21-22-23-24-25-26-27-28-30-32-34-36-38-40-44(48)43(42-47)46-45(49)41-39-37-35-33-31-29-18-16-14-12-10-8-6-4-2/h43-44,47-48H,3-42H2,1-2H3,(H,46,49). The van der Waals surface area contributed by atoms with Crippen molar-refractivity contribution in [3.63, 3.8) is 0 Å². The summed E-state index contributed by atoms with van der Waals surface area (Å²) in [7, 11) is 0. The predicted octanol–water partition coefficient (Wildman–Crippen LogP) is 14.1. The average Bonchev–Trinajstić information content (AvgIpc) is 3.10. The van der Waals surface area contributed by atoms with Gasteiger partial charge in [0.25, 0.3) is 0 Å². The minimum Gasteiger partial charge on any atom is -0.394 e. The van der Waals surface area contributed by atoms with Gasteiger partial charge >= 0.3 is 0 Å². The number of amides is 1. The van der Waals surface area contributed by atoms with Crippen molar-refractivity contribution in [2.45, 2.75) is 276 Å². The van der Waals surface area contributed by atoms with Gasteiger partial charge in [0.05, 0.1) is 18.8 Å². The summed E-state index contributed by atoms with van der Waals surface area (Å²) in [6, 6.07) is -0.529. The second-order valence-electron chi connectivity index (χ2n) is 15.8. The molecular formula is C45H91NO3. The van der Waals surface area contributed by atoms with E-state index in [1.165, 1.54) is 212 Å². The van der Waals surface area contributed by atoms with Gasteiger partial charge in [0.1, 0.15) is 0 Å². The number of hydrogen-bond acceptors (Lipinski definition) is 3. The molecule has 0 aromatic carbocycles. The van der Waals surface area contributed by atoms with Crippen molar-refractivity contribution in [3.05, 3.63) is 0 Å². The Bertz CT molecular complexity index is 626. The first-order valence-electron chi connectivity index (χ1n) is 22.7. The summed E-state index contributed by atoms with van der Waals surface area (Å²) >= 11 is 0. The summed E-state index contributed by atoms with van der Waals surface area (Å²) in [5, 5.41) is 23.2. The molecule has 0 aromatic rings. The Labute approximate surface area is 308 Å². The second-order valence-corrected chi connectivity index (χ2v) is 15.8. The van der Waals surface area contributed by atoms with Crippen molar-refractivity contribution in [1.82, 2.24) is 5.32 Å². The molecule has 0 fully saturated rings. The van der Waals surface area contributed by atoms with Crippen molar-refractivity contribution in [2.24, 2.45) is 0 Å². The zero-order valence-corrected chi connectivity index (χ0v) is 33.7. The molecule has 49 heavy (non-hydrogen) atoms. The first-order chi connectivity index (χ1) is 24.2. The SMILES string of the molecule is CCCCCCCCCCCCCCCCCCCCCCCCCC(O)C(CO)NC(=O)CCCCCCCCCCCCCCCC. The highest BCUT2D eigenvalue weighted by Gasteiger charge is 2.20. The quantitative estimate of drug-likeness (QED) is 0.0557. The Kier molecular flexibility index (Phi) is 41.3. The molecule has 0 aliphatic rings. The minimum atomic E-state index is -0.653.